The molecule has 0 radical (unpaired) electrons. The Bertz CT molecular complexity index is 1000. The summed E-state index contributed by atoms with van der Waals surface area (Å²) >= 11 is 0. The topological polar surface area (TPSA) is 72.7 Å². The molecule has 0 spiro atoms. The van der Waals surface area contributed by atoms with Crippen molar-refractivity contribution in [3.05, 3.63) is 90.5 Å². The maximum Gasteiger partial charge on any atom is 0.277 e. The zero-order valence-corrected chi connectivity index (χ0v) is 14.7. The highest BCUT2D eigenvalue weighted by Crippen LogP contribution is 2.23. The van der Waals surface area contributed by atoms with E-state index >= 15 is 0 Å². The summed E-state index contributed by atoms with van der Waals surface area (Å²) in [4.78, 5) is 21.1. The molecule has 0 aliphatic carbocycles. The van der Waals surface area contributed by atoms with Crippen LogP contribution in [0.25, 0.3) is 16.9 Å². The number of aryl methyl sites for hydroxylation is 1. The molecule has 132 valence electrons. The molecule has 4 rings (SSSR count). The predicted molar refractivity (Wildman–Crippen MR) is 104 cm³/mol. The van der Waals surface area contributed by atoms with Gasteiger partial charge in [0.1, 0.15) is 5.82 Å². The minimum atomic E-state index is -0.314. The molecule has 0 bridgehead atoms. The molecule has 0 saturated carbocycles. The molecule has 0 unspecified atom stereocenters. The van der Waals surface area contributed by atoms with Crippen molar-refractivity contribution in [2.45, 2.75) is 6.92 Å². The van der Waals surface area contributed by atoms with Crippen LogP contribution in [0.3, 0.4) is 0 Å². The maximum atomic E-state index is 12.7. The lowest BCUT2D eigenvalue weighted by molar-refractivity contribution is 0.102. The average molecular weight is 355 g/mol. The number of anilines is 1. The summed E-state index contributed by atoms with van der Waals surface area (Å²) in [5.74, 6) is 0.175. The van der Waals surface area contributed by atoms with Crippen LogP contribution < -0.4 is 5.32 Å². The second-order valence-corrected chi connectivity index (χ2v) is 6.08. The van der Waals surface area contributed by atoms with E-state index in [0.29, 0.717) is 11.5 Å². The van der Waals surface area contributed by atoms with Gasteiger partial charge in [0, 0.05) is 24.2 Å². The van der Waals surface area contributed by atoms with Crippen LogP contribution in [0.4, 0.5) is 5.82 Å². The van der Waals surface area contributed by atoms with E-state index in [0.717, 1.165) is 22.5 Å². The molecule has 0 fully saturated rings. The van der Waals surface area contributed by atoms with Crippen LogP contribution in [0.5, 0.6) is 0 Å². The van der Waals surface area contributed by atoms with Gasteiger partial charge < -0.3 is 5.32 Å². The molecule has 1 N–H and O–H groups in total. The van der Waals surface area contributed by atoms with E-state index in [1.807, 2.05) is 55.5 Å². The van der Waals surface area contributed by atoms with Crippen molar-refractivity contribution in [1.82, 2.24) is 19.7 Å². The smallest absolute Gasteiger partial charge is 0.277 e. The van der Waals surface area contributed by atoms with Crippen LogP contribution in [0.1, 0.15) is 16.1 Å². The normalized spacial score (nSPS) is 10.6. The fraction of sp³-hybridized carbons (Fsp3) is 0.0476. The average Bonchev–Trinajstić information content (AvgIpc) is 3.17. The maximum absolute atomic E-state index is 12.7. The van der Waals surface area contributed by atoms with Gasteiger partial charge in [-0.25, -0.2) is 9.67 Å². The Balaban J connectivity index is 1.72. The van der Waals surface area contributed by atoms with Gasteiger partial charge in [0.05, 0.1) is 11.4 Å². The van der Waals surface area contributed by atoms with Gasteiger partial charge in [-0.05, 0) is 48.9 Å². The molecule has 0 aliphatic rings. The van der Waals surface area contributed by atoms with Crippen LogP contribution in [0, 0.1) is 6.92 Å². The number of hydrogen-bond acceptors (Lipinski definition) is 4. The Morgan fingerprint density at radius 3 is 2.56 bits per heavy atom. The molecule has 3 aromatic heterocycles. The van der Waals surface area contributed by atoms with Gasteiger partial charge in [-0.2, -0.15) is 5.10 Å². The number of rotatable bonds is 4. The summed E-state index contributed by atoms with van der Waals surface area (Å²) in [7, 11) is 0. The first-order valence-corrected chi connectivity index (χ1v) is 8.50. The van der Waals surface area contributed by atoms with Crippen molar-refractivity contribution in [2.75, 3.05) is 5.32 Å². The first-order chi connectivity index (χ1) is 13.2. The summed E-state index contributed by atoms with van der Waals surface area (Å²) in [6.07, 6.45) is 5.17. The molecule has 6 nitrogen and oxygen atoms in total. The number of nitrogens with zero attached hydrogens (tertiary/aromatic N) is 4. The predicted octanol–water partition coefficient (Wildman–Crippen LogP) is 3.89. The van der Waals surface area contributed by atoms with Gasteiger partial charge in [-0.15, -0.1) is 0 Å². The van der Waals surface area contributed by atoms with E-state index in [2.05, 4.69) is 20.4 Å². The first kappa shape index (κ1) is 16.7. The molecule has 0 saturated heterocycles. The van der Waals surface area contributed by atoms with Crippen LogP contribution in [-0.4, -0.2) is 25.7 Å². The Hall–Kier alpha value is -3.80. The number of nitrogens with one attached hydrogen (secondary N) is 1. The second-order valence-electron chi connectivity index (χ2n) is 6.08. The number of hydrogen-bond donors (Lipinski definition) is 1. The second kappa shape index (κ2) is 7.21. The summed E-state index contributed by atoms with van der Waals surface area (Å²) in [6, 6.07) is 18.9. The highest BCUT2D eigenvalue weighted by atomic mass is 16.2. The van der Waals surface area contributed by atoms with Gasteiger partial charge in [0.25, 0.3) is 5.91 Å². The lowest BCUT2D eigenvalue weighted by atomic mass is 10.2. The lowest BCUT2D eigenvalue weighted by Gasteiger charge is -2.06. The molecule has 6 heteroatoms. The van der Waals surface area contributed by atoms with Crippen molar-refractivity contribution < 1.29 is 4.79 Å². The van der Waals surface area contributed by atoms with E-state index in [-0.39, 0.29) is 5.91 Å². The third kappa shape index (κ3) is 3.59. The van der Waals surface area contributed by atoms with Crippen molar-refractivity contribution >= 4 is 11.7 Å². The minimum absolute atomic E-state index is 0.306. The summed E-state index contributed by atoms with van der Waals surface area (Å²) in [5.41, 5.74) is 3.86. The zero-order chi connectivity index (χ0) is 18.6. The van der Waals surface area contributed by atoms with E-state index in [9.17, 15) is 4.79 Å². The van der Waals surface area contributed by atoms with Gasteiger partial charge in [-0.1, -0.05) is 24.3 Å². The highest BCUT2D eigenvalue weighted by Gasteiger charge is 2.17. The third-order valence-electron chi connectivity index (χ3n) is 4.05. The van der Waals surface area contributed by atoms with Gasteiger partial charge in [0.2, 0.25) is 0 Å². The number of carbonyl (C=O) groups is 1. The first-order valence-electron chi connectivity index (χ1n) is 8.50. The zero-order valence-electron chi connectivity index (χ0n) is 14.7. The van der Waals surface area contributed by atoms with Crippen molar-refractivity contribution in [1.29, 1.82) is 0 Å². The number of aromatic nitrogens is 4. The van der Waals surface area contributed by atoms with Crippen LogP contribution >= 0.6 is 0 Å². The quantitative estimate of drug-likeness (QED) is 0.603. The van der Waals surface area contributed by atoms with Crippen molar-refractivity contribution in [3.63, 3.8) is 0 Å². The van der Waals surface area contributed by atoms with Gasteiger partial charge in [0.15, 0.2) is 5.69 Å². The third-order valence-corrected chi connectivity index (χ3v) is 4.05. The summed E-state index contributed by atoms with van der Waals surface area (Å²) in [6.45, 7) is 1.94. The van der Waals surface area contributed by atoms with Crippen molar-refractivity contribution in [3.8, 4) is 16.9 Å². The van der Waals surface area contributed by atoms with Gasteiger partial charge >= 0.3 is 0 Å². The fourth-order valence-corrected chi connectivity index (χ4v) is 2.70. The van der Waals surface area contributed by atoms with Crippen molar-refractivity contribution in [2.24, 2.45) is 0 Å². The molecular formula is C21H17N5O. The molecule has 1 amide bonds. The molecule has 3 heterocycles. The molecule has 0 atom stereocenters. The standard InChI is InChI=1S/C21H17N5O/c1-15-9-10-20(23-13-15)24-21(27)18-12-19(16-6-5-11-22-14-16)26(25-18)17-7-3-2-4-8-17/h2-14H,1H3,(H,23,24,27). The molecular weight excluding hydrogens is 338 g/mol. The van der Waals surface area contributed by atoms with E-state index in [4.69, 9.17) is 0 Å². The molecule has 27 heavy (non-hydrogen) atoms. The number of benzene rings is 1. The van der Waals surface area contributed by atoms with Crippen LogP contribution in [0.15, 0.2) is 79.3 Å². The molecule has 1 aromatic carbocycles. The van der Waals surface area contributed by atoms with E-state index < -0.39 is 0 Å². The summed E-state index contributed by atoms with van der Waals surface area (Å²) in [5, 5.41) is 7.31. The molecule has 4 aromatic rings. The van der Waals surface area contributed by atoms with Crippen LogP contribution in [0.2, 0.25) is 0 Å². The SMILES string of the molecule is Cc1ccc(NC(=O)c2cc(-c3cccnc3)n(-c3ccccc3)n2)nc1. The Morgan fingerprint density at radius 2 is 1.85 bits per heavy atom. The highest BCUT2D eigenvalue weighted by molar-refractivity contribution is 6.03. The fourth-order valence-electron chi connectivity index (χ4n) is 2.70. The lowest BCUT2D eigenvalue weighted by Crippen LogP contribution is -2.14. The Kier molecular flexibility index (Phi) is 4.45. The monoisotopic (exact) mass is 355 g/mol. The Labute approximate surface area is 156 Å². The van der Waals surface area contributed by atoms with E-state index in [1.165, 1.54) is 0 Å². The van der Waals surface area contributed by atoms with Crippen LogP contribution in [-0.2, 0) is 0 Å². The van der Waals surface area contributed by atoms with E-state index in [1.54, 1.807) is 35.4 Å². The largest absolute Gasteiger partial charge is 0.305 e. The number of carbonyl (C=O) groups excluding carboxylic acids is 1. The number of para-hydroxylation sites is 1. The molecule has 0 aliphatic heterocycles. The number of pyridine rings is 2. The minimum Gasteiger partial charge on any atom is -0.305 e. The van der Waals surface area contributed by atoms with Gasteiger partial charge in [-0.3, -0.25) is 9.78 Å². The Morgan fingerprint density at radius 1 is 1.00 bits per heavy atom. The summed E-state index contributed by atoms with van der Waals surface area (Å²) < 4.78 is 1.74. The number of amides is 1.